The Kier molecular flexibility index (Phi) is 4.33. The molecular weight excluding hydrogens is 366 g/mol. The lowest BCUT2D eigenvalue weighted by molar-refractivity contribution is 0.00578. The van der Waals surface area contributed by atoms with E-state index in [4.69, 9.17) is 25.6 Å². The Hall–Kier alpha value is -1.57. The Morgan fingerprint density at radius 3 is 2.48 bits per heavy atom. The van der Waals surface area contributed by atoms with Crippen molar-refractivity contribution in [1.82, 2.24) is 9.61 Å². The van der Waals surface area contributed by atoms with E-state index in [0.29, 0.717) is 16.5 Å². The van der Waals surface area contributed by atoms with Gasteiger partial charge in [-0.25, -0.2) is 9.31 Å². The summed E-state index contributed by atoms with van der Waals surface area (Å²) in [5, 5.41) is 4.74. The third-order valence-electron chi connectivity index (χ3n) is 5.74. The van der Waals surface area contributed by atoms with Gasteiger partial charge >= 0.3 is 13.1 Å². The lowest BCUT2D eigenvalue weighted by Gasteiger charge is -2.32. The summed E-state index contributed by atoms with van der Waals surface area (Å²) >= 11 is 6.51. The summed E-state index contributed by atoms with van der Waals surface area (Å²) in [6.07, 6.45) is 2.30. The fourth-order valence-electron chi connectivity index (χ4n) is 3.28. The molecule has 0 N–H and O–H groups in total. The Balaban J connectivity index is 1.86. The van der Waals surface area contributed by atoms with Gasteiger partial charge in [0, 0.05) is 0 Å². The minimum atomic E-state index is -0.595. The average molecular weight is 391 g/mol. The Morgan fingerprint density at radius 2 is 1.93 bits per heavy atom. The largest absolute Gasteiger partial charge is 0.514 e. The number of fused-ring (bicyclic) bond motifs is 1. The Bertz CT molecular complexity index is 904. The van der Waals surface area contributed by atoms with Gasteiger partial charge in [-0.1, -0.05) is 11.6 Å². The molecule has 0 atom stereocenters. The summed E-state index contributed by atoms with van der Waals surface area (Å²) in [6.45, 7) is 10.1. The van der Waals surface area contributed by atoms with Crippen LogP contribution in [0, 0.1) is 0 Å². The highest BCUT2D eigenvalue weighted by Crippen LogP contribution is 2.42. The number of hydrogen-bond donors (Lipinski definition) is 0. The molecule has 2 aromatic heterocycles. The van der Waals surface area contributed by atoms with E-state index < -0.39 is 24.3 Å². The topological polar surface area (TPSA) is 62.1 Å². The molecule has 1 saturated heterocycles. The maximum Gasteiger partial charge on any atom is 0.514 e. The van der Waals surface area contributed by atoms with Crippen molar-refractivity contribution in [1.29, 1.82) is 0 Å². The molecule has 1 aliphatic carbocycles. The van der Waals surface area contributed by atoms with Crippen molar-refractivity contribution in [3.8, 4) is 0 Å². The zero-order valence-corrected chi connectivity index (χ0v) is 17.1. The first-order chi connectivity index (χ1) is 12.6. The molecule has 3 heterocycles. The van der Waals surface area contributed by atoms with Crippen LogP contribution in [0.2, 0.25) is 5.02 Å². The van der Waals surface area contributed by atoms with Gasteiger partial charge in [0.1, 0.15) is 5.02 Å². The standard InChI is InChI=1S/C19H24BClN2O4/c1-6-25-17(24)16-15(21)13-9-12(11-7-8-11)10-14(23(13)22-16)20-26-18(2,3)19(4,5)27-20/h9-11H,6-8H2,1-5H3. The molecule has 6 nitrogen and oxygen atoms in total. The number of halogens is 1. The van der Waals surface area contributed by atoms with Crippen LogP contribution < -0.4 is 5.59 Å². The van der Waals surface area contributed by atoms with Crippen molar-refractivity contribution < 1.29 is 18.8 Å². The van der Waals surface area contributed by atoms with Crippen LogP contribution in [0.4, 0.5) is 0 Å². The Morgan fingerprint density at radius 1 is 1.30 bits per heavy atom. The number of hydrogen-bond acceptors (Lipinski definition) is 5. The molecule has 2 fully saturated rings. The Labute approximate surface area is 164 Å². The van der Waals surface area contributed by atoms with E-state index in [1.165, 1.54) is 5.56 Å². The number of carbonyl (C=O) groups excluding carboxylic acids is 1. The lowest BCUT2D eigenvalue weighted by Crippen LogP contribution is -2.41. The monoisotopic (exact) mass is 390 g/mol. The highest BCUT2D eigenvalue weighted by atomic mass is 35.5. The SMILES string of the molecule is CCOC(=O)c1nn2c(B3OC(C)(C)C(C)(C)O3)cc(C3CC3)cc2c1Cl. The number of aromatic nitrogens is 2. The van der Waals surface area contributed by atoms with Gasteiger partial charge in [-0.2, -0.15) is 5.10 Å². The summed E-state index contributed by atoms with van der Waals surface area (Å²) in [7, 11) is -0.595. The van der Waals surface area contributed by atoms with Crippen molar-refractivity contribution >= 4 is 35.8 Å². The third-order valence-corrected chi connectivity index (χ3v) is 6.11. The average Bonchev–Trinajstić information content (AvgIpc) is 3.33. The van der Waals surface area contributed by atoms with E-state index in [1.54, 1.807) is 11.4 Å². The second kappa shape index (κ2) is 6.22. The van der Waals surface area contributed by atoms with E-state index in [-0.39, 0.29) is 12.3 Å². The van der Waals surface area contributed by atoms with Crippen molar-refractivity contribution in [3.63, 3.8) is 0 Å². The number of ether oxygens (including phenoxy) is 1. The molecule has 2 aromatic rings. The van der Waals surface area contributed by atoms with Crippen molar-refractivity contribution in [2.45, 2.75) is 64.6 Å². The van der Waals surface area contributed by atoms with Gasteiger partial charge in [0.25, 0.3) is 0 Å². The van der Waals surface area contributed by atoms with Gasteiger partial charge in [-0.3, -0.25) is 0 Å². The molecule has 0 radical (unpaired) electrons. The van der Waals surface area contributed by atoms with Gasteiger partial charge in [0.15, 0.2) is 5.69 Å². The van der Waals surface area contributed by atoms with Crippen LogP contribution in [0.5, 0.6) is 0 Å². The number of pyridine rings is 1. The first-order valence-electron chi connectivity index (χ1n) is 9.39. The number of rotatable bonds is 4. The van der Waals surface area contributed by atoms with Crippen LogP contribution in [0.3, 0.4) is 0 Å². The van der Waals surface area contributed by atoms with Gasteiger partial charge < -0.3 is 14.0 Å². The zero-order chi connectivity index (χ0) is 19.6. The lowest BCUT2D eigenvalue weighted by atomic mass is 9.82. The van der Waals surface area contributed by atoms with Crippen molar-refractivity contribution in [3.05, 3.63) is 28.4 Å². The normalized spacial score (nSPS) is 21.0. The fourth-order valence-corrected chi connectivity index (χ4v) is 3.53. The van der Waals surface area contributed by atoms with Gasteiger partial charge in [0.05, 0.1) is 28.9 Å². The van der Waals surface area contributed by atoms with E-state index in [1.807, 2.05) is 33.8 Å². The first-order valence-corrected chi connectivity index (χ1v) is 9.77. The second-order valence-corrected chi connectivity index (χ2v) is 8.63. The van der Waals surface area contributed by atoms with E-state index in [0.717, 1.165) is 18.4 Å². The zero-order valence-electron chi connectivity index (χ0n) is 16.3. The highest BCUT2D eigenvalue weighted by molar-refractivity contribution is 6.61. The van der Waals surface area contributed by atoms with Gasteiger partial charge in [-0.15, -0.1) is 0 Å². The molecular formula is C19H24BClN2O4. The summed E-state index contributed by atoms with van der Waals surface area (Å²) in [5.41, 5.74) is 1.76. The van der Waals surface area contributed by atoms with Crippen LogP contribution in [-0.2, 0) is 14.0 Å². The van der Waals surface area contributed by atoms with Gasteiger partial charge in [-0.05, 0) is 71.1 Å². The molecule has 0 amide bonds. The molecule has 0 bridgehead atoms. The molecule has 0 unspecified atom stereocenters. The fraction of sp³-hybridized carbons (Fsp3) is 0.579. The smallest absolute Gasteiger partial charge is 0.461 e. The second-order valence-electron chi connectivity index (χ2n) is 8.26. The molecule has 0 spiro atoms. The number of nitrogens with zero attached hydrogens (tertiary/aromatic N) is 2. The maximum atomic E-state index is 12.3. The van der Waals surface area contributed by atoms with Crippen LogP contribution in [0.15, 0.2) is 12.1 Å². The van der Waals surface area contributed by atoms with Crippen molar-refractivity contribution in [2.75, 3.05) is 6.61 Å². The van der Waals surface area contributed by atoms with Crippen LogP contribution in [0.1, 0.15) is 69.4 Å². The van der Waals surface area contributed by atoms with Crippen LogP contribution in [-0.4, -0.2) is 40.5 Å². The summed E-state index contributed by atoms with van der Waals surface area (Å²) in [5.74, 6) is -0.0211. The molecule has 144 valence electrons. The molecule has 2 aliphatic rings. The molecule has 8 heteroatoms. The summed E-state index contributed by atoms with van der Waals surface area (Å²) in [4.78, 5) is 12.3. The summed E-state index contributed by atoms with van der Waals surface area (Å²) < 4.78 is 19.2. The minimum absolute atomic E-state index is 0.115. The quantitative estimate of drug-likeness (QED) is 0.592. The molecule has 27 heavy (non-hydrogen) atoms. The molecule has 4 rings (SSSR count). The van der Waals surface area contributed by atoms with E-state index in [2.05, 4.69) is 11.2 Å². The molecule has 1 saturated carbocycles. The van der Waals surface area contributed by atoms with E-state index in [9.17, 15) is 4.79 Å². The molecule has 0 aromatic carbocycles. The minimum Gasteiger partial charge on any atom is -0.461 e. The van der Waals surface area contributed by atoms with Crippen LogP contribution in [0.25, 0.3) is 5.52 Å². The highest BCUT2D eigenvalue weighted by Gasteiger charge is 2.53. The predicted octanol–water partition coefficient (Wildman–Crippen LogP) is 3.34. The maximum absolute atomic E-state index is 12.3. The number of carbonyl (C=O) groups is 1. The number of esters is 1. The van der Waals surface area contributed by atoms with Crippen LogP contribution >= 0.6 is 11.6 Å². The van der Waals surface area contributed by atoms with Gasteiger partial charge in [0.2, 0.25) is 0 Å². The molecule has 1 aliphatic heterocycles. The van der Waals surface area contributed by atoms with Crippen molar-refractivity contribution in [2.24, 2.45) is 0 Å². The first kappa shape index (κ1) is 18.8. The third kappa shape index (κ3) is 3.06. The summed E-state index contributed by atoms with van der Waals surface area (Å²) in [6, 6.07) is 4.07. The predicted molar refractivity (Wildman–Crippen MR) is 104 cm³/mol. The van der Waals surface area contributed by atoms with E-state index >= 15 is 0 Å².